The molecule has 1 saturated heterocycles. The number of piperidine rings is 1. The highest BCUT2D eigenvalue weighted by Gasteiger charge is 2.22. The summed E-state index contributed by atoms with van der Waals surface area (Å²) in [7, 11) is 0. The Balaban J connectivity index is 1.62. The third-order valence-corrected chi connectivity index (χ3v) is 5.52. The summed E-state index contributed by atoms with van der Waals surface area (Å²) in [5.41, 5.74) is 20.9. The van der Waals surface area contributed by atoms with Crippen molar-refractivity contribution in [1.82, 2.24) is 15.0 Å². The van der Waals surface area contributed by atoms with Gasteiger partial charge in [0.15, 0.2) is 5.78 Å². The van der Waals surface area contributed by atoms with E-state index in [1.54, 1.807) is 24.5 Å². The van der Waals surface area contributed by atoms with Crippen molar-refractivity contribution >= 4 is 23.1 Å². The molecule has 164 valence electrons. The minimum absolute atomic E-state index is 0.102. The van der Waals surface area contributed by atoms with E-state index in [9.17, 15) is 9.59 Å². The highest BCUT2D eigenvalue weighted by atomic mass is 16.1. The van der Waals surface area contributed by atoms with Crippen LogP contribution >= 0.6 is 0 Å². The largest absolute Gasteiger partial charge is 0.397 e. The SMILES string of the molecule is NC(=O)c1ccnc(-c2ccc(N)c(C(=O)Cc3cnccc3N3CCC[C@H](N)C3)n2)c1. The summed E-state index contributed by atoms with van der Waals surface area (Å²) in [5.74, 6) is -0.798. The lowest BCUT2D eigenvalue weighted by Gasteiger charge is -2.33. The number of carbonyl (C=O) groups is 2. The van der Waals surface area contributed by atoms with Crippen LogP contribution in [-0.2, 0) is 6.42 Å². The number of ketones is 1. The predicted octanol–water partition coefficient (Wildman–Crippen LogP) is 1.57. The van der Waals surface area contributed by atoms with Gasteiger partial charge in [-0.25, -0.2) is 4.98 Å². The number of Topliss-reactive ketones (excluding diaryl/α,β-unsaturated/α-hetero) is 1. The number of rotatable bonds is 6. The second-order valence-electron chi connectivity index (χ2n) is 7.88. The molecule has 4 rings (SSSR count). The van der Waals surface area contributed by atoms with E-state index in [4.69, 9.17) is 17.2 Å². The smallest absolute Gasteiger partial charge is 0.248 e. The standard InChI is InChI=1S/C23H25N7O2/c24-16-2-1-9-30(13-16)20-6-7-27-12-15(20)11-21(31)22-17(25)3-4-18(29-22)19-10-14(23(26)32)5-8-28-19/h3-8,10,12,16H,1-2,9,11,13,24-25H2,(H2,26,32)/t16-/m0/s1. The summed E-state index contributed by atoms with van der Waals surface area (Å²) in [6.07, 6.45) is 6.99. The molecule has 3 aromatic heterocycles. The zero-order valence-electron chi connectivity index (χ0n) is 17.6. The number of carbonyl (C=O) groups excluding carboxylic acids is 2. The fourth-order valence-corrected chi connectivity index (χ4v) is 3.91. The van der Waals surface area contributed by atoms with Crippen molar-refractivity contribution < 1.29 is 9.59 Å². The summed E-state index contributed by atoms with van der Waals surface area (Å²) in [6.45, 7) is 1.62. The van der Waals surface area contributed by atoms with Gasteiger partial charge < -0.3 is 22.1 Å². The normalized spacial score (nSPS) is 16.0. The Morgan fingerprint density at radius 3 is 2.75 bits per heavy atom. The third kappa shape index (κ3) is 4.57. The minimum atomic E-state index is -0.568. The third-order valence-electron chi connectivity index (χ3n) is 5.52. The van der Waals surface area contributed by atoms with Gasteiger partial charge >= 0.3 is 0 Å². The van der Waals surface area contributed by atoms with E-state index in [0.29, 0.717) is 17.0 Å². The molecule has 0 aromatic carbocycles. The van der Waals surface area contributed by atoms with Crippen LogP contribution in [0.15, 0.2) is 48.9 Å². The quantitative estimate of drug-likeness (QED) is 0.497. The van der Waals surface area contributed by atoms with Crippen molar-refractivity contribution in [3.8, 4) is 11.4 Å². The van der Waals surface area contributed by atoms with Gasteiger partial charge in [-0.1, -0.05) is 0 Å². The van der Waals surface area contributed by atoms with Gasteiger partial charge in [-0.15, -0.1) is 0 Å². The molecular weight excluding hydrogens is 406 g/mol. The van der Waals surface area contributed by atoms with Gasteiger partial charge in [-0.2, -0.15) is 0 Å². The Hall–Kier alpha value is -3.85. The van der Waals surface area contributed by atoms with Gasteiger partial charge in [0.25, 0.3) is 0 Å². The van der Waals surface area contributed by atoms with Crippen molar-refractivity contribution in [2.75, 3.05) is 23.7 Å². The van der Waals surface area contributed by atoms with E-state index in [0.717, 1.165) is 37.2 Å². The van der Waals surface area contributed by atoms with Crippen LogP contribution in [0.3, 0.4) is 0 Å². The van der Waals surface area contributed by atoms with Crippen LogP contribution in [-0.4, -0.2) is 45.8 Å². The van der Waals surface area contributed by atoms with Crippen LogP contribution in [0.5, 0.6) is 0 Å². The van der Waals surface area contributed by atoms with Crippen molar-refractivity contribution in [3.05, 3.63) is 65.7 Å². The monoisotopic (exact) mass is 431 g/mol. The molecule has 32 heavy (non-hydrogen) atoms. The Bertz CT molecular complexity index is 1160. The number of pyridine rings is 3. The first-order valence-corrected chi connectivity index (χ1v) is 10.4. The van der Waals surface area contributed by atoms with Crippen molar-refractivity contribution in [2.45, 2.75) is 25.3 Å². The zero-order chi connectivity index (χ0) is 22.7. The number of nitrogens with zero attached hydrogens (tertiary/aromatic N) is 4. The Morgan fingerprint density at radius 1 is 1.12 bits per heavy atom. The number of primary amides is 1. The molecule has 0 saturated carbocycles. The topological polar surface area (TPSA) is 154 Å². The fraction of sp³-hybridized carbons (Fsp3) is 0.261. The molecule has 3 aromatic rings. The molecule has 0 unspecified atom stereocenters. The number of anilines is 2. The van der Waals surface area contributed by atoms with E-state index in [-0.39, 0.29) is 29.6 Å². The molecular formula is C23H25N7O2. The minimum Gasteiger partial charge on any atom is -0.397 e. The maximum atomic E-state index is 13.2. The Kier molecular flexibility index (Phi) is 6.09. The fourth-order valence-electron chi connectivity index (χ4n) is 3.91. The van der Waals surface area contributed by atoms with Gasteiger partial charge in [-0.3, -0.25) is 19.6 Å². The molecule has 4 heterocycles. The van der Waals surface area contributed by atoms with Gasteiger partial charge in [0, 0.05) is 61.0 Å². The number of hydrogen-bond donors (Lipinski definition) is 3. The second kappa shape index (κ2) is 9.11. The number of nitrogens with two attached hydrogens (primary N) is 3. The Morgan fingerprint density at radius 2 is 1.97 bits per heavy atom. The maximum Gasteiger partial charge on any atom is 0.248 e. The van der Waals surface area contributed by atoms with E-state index in [2.05, 4.69) is 19.9 Å². The molecule has 0 radical (unpaired) electrons. The first kappa shape index (κ1) is 21.4. The number of nitrogen functional groups attached to an aromatic ring is 1. The van der Waals surface area contributed by atoms with Crippen LogP contribution < -0.4 is 22.1 Å². The first-order chi connectivity index (χ1) is 15.4. The summed E-state index contributed by atoms with van der Waals surface area (Å²) >= 11 is 0. The molecule has 1 amide bonds. The number of hydrogen-bond acceptors (Lipinski definition) is 8. The molecule has 1 aliphatic rings. The van der Waals surface area contributed by atoms with Crippen molar-refractivity contribution in [2.24, 2.45) is 11.5 Å². The van der Waals surface area contributed by atoms with Gasteiger partial charge in [0.1, 0.15) is 5.69 Å². The van der Waals surface area contributed by atoms with E-state index >= 15 is 0 Å². The number of aromatic nitrogens is 3. The molecule has 1 aliphatic heterocycles. The van der Waals surface area contributed by atoms with Crippen LogP contribution in [0.2, 0.25) is 0 Å². The lowest BCUT2D eigenvalue weighted by molar-refractivity contribution is 0.0984. The zero-order valence-corrected chi connectivity index (χ0v) is 17.6. The lowest BCUT2D eigenvalue weighted by Crippen LogP contribution is -2.43. The lowest BCUT2D eigenvalue weighted by atomic mass is 10.0. The van der Waals surface area contributed by atoms with Crippen LogP contribution in [0.25, 0.3) is 11.4 Å². The molecule has 9 heteroatoms. The van der Waals surface area contributed by atoms with Crippen LogP contribution in [0.1, 0.15) is 39.3 Å². The average molecular weight is 432 g/mol. The number of amides is 1. The predicted molar refractivity (Wildman–Crippen MR) is 122 cm³/mol. The summed E-state index contributed by atoms with van der Waals surface area (Å²) in [5, 5.41) is 0. The van der Waals surface area contributed by atoms with Gasteiger partial charge in [0.2, 0.25) is 5.91 Å². The average Bonchev–Trinajstić information content (AvgIpc) is 2.79. The van der Waals surface area contributed by atoms with Gasteiger partial charge in [0.05, 0.1) is 17.1 Å². The Labute approximate surface area is 185 Å². The van der Waals surface area contributed by atoms with E-state index < -0.39 is 5.91 Å². The molecule has 6 N–H and O–H groups in total. The first-order valence-electron chi connectivity index (χ1n) is 10.4. The summed E-state index contributed by atoms with van der Waals surface area (Å²) in [4.78, 5) is 39.8. The molecule has 9 nitrogen and oxygen atoms in total. The van der Waals surface area contributed by atoms with Gasteiger partial charge in [-0.05, 0) is 43.2 Å². The van der Waals surface area contributed by atoms with E-state index in [1.807, 2.05) is 6.07 Å². The molecule has 0 spiro atoms. The van der Waals surface area contributed by atoms with Crippen LogP contribution in [0.4, 0.5) is 11.4 Å². The van der Waals surface area contributed by atoms with Crippen molar-refractivity contribution in [1.29, 1.82) is 0 Å². The molecule has 1 atom stereocenters. The maximum absolute atomic E-state index is 13.2. The van der Waals surface area contributed by atoms with Crippen molar-refractivity contribution in [3.63, 3.8) is 0 Å². The summed E-state index contributed by atoms with van der Waals surface area (Å²) < 4.78 is 0. The molecule has 1 fully saturated rings. The second-order valence-corrected chi connectivity index (χ2v) is 7.88. The molecule has 0 aliphatic carbocycles. The highest BCUT2D eigenvalue weighted by Crippen LogP contribution is 2.26. The molecule has 0 bridgehead atoms. The summed E-state index contributed by atoms with van der Waals surface area (Å²) in [6, 6.07) is 8.34. The van der Waals surface area contributed by atoms with Crippen LogP contribution in [0, 0.1) is 0 Å². The van der Waals surface area contributed by atoms with E-state index in [1.165, 1.54) is 18.3 Å². The highest BCUT2D eigenvalue weighted by molar-refractivity contribution is 6.01.